The number of thioether (sulfide) groups is 1. The summed E-state index contributed by atoms with van der Waals surface area (Å²) < 4.78 is 5.61. The molecule has 2 aromatic rings. The van der Waals surface area contributed by atoms with Gasteiger partial charge in [-0.3, -0.25) is 14.5 Å². The Balaban J connectivity index is 1.63. The number of aryl methyl sites for hydroxylation is 1. The molecule has 6 heteroatoms. The zero-order valence-electron chi connectivity index (χ0n) is 13.6. The maximum atomic E-state index is 12.4. The fourth-order valence-electron chi connectivity index (χ4n) is 2.42. The monoisotopic (exact) mass is 355 g/mol. The highest BCUT2D eigenvalue weighted by molar-refractivity contribution is 8.18. The van der Waals surface area contributed by atoms with Gasteiger partial charge < -0.3 is 9.84 Å². The van der Waals surface area contributed by atoms with E-state index >= 15 is 0 Å². The van der Waals surface area contributed by atoms with Gasteiger partial charge in [-0.05, 0) is 60.2 Å². The maximum absolute atomic E-state index is 12.4. The fraction of sp³-hybridized carbons (Fsp3) is 0.158. The molecule has 5 nitrogen and oxygen atoms in total. The molecule has 0 bridgehead atoms. The van der Waals surface area contributed by atoms with Crippen molar-refractivity contribution in [3.8, 4) is 11.5 Å². The second-order valence-electron chi connectivity index (χ2n) is 5.59. The quantitative estimate of drug-likeness (QED) is 0.826. The third-order valence-electron chi connectivity index (χ3n) is 3.61. The van der Waals surface area contributed by atoms with Gasteiger partial charge in [0.2, 0.25) is 0 Å². The van der Waals surface area contributed by atoms with Crippen LogP contribution >= 0.6 is 11.8 Å². The van der Waals surface area contributed by atoms with Crippen molar-refractivity contribution in [3.05, 3.63) is 64.6 Å². The van der Waals surface area contributed by atoms with Gasteiger partial charge in [-0.1, -0.05) is 24.3 Å². The number of nitrogens with zero attached hydrogens (tertiary/aromatic N) is 1. The molecule has 3 rings (SSSR count). The van der Waals surface area contributed by atoms with Crippen molar-refractivity contribution >= 4 is 29.0 Å². The average molecular weight is 355 g/mol. The summed E-state index contributed by atoms with van der Waals surface area (Å²) in [6.07, 6.45) is 1.60. The van der Waals surface area contributed by atoms with E-state index < -0.39 is 0 Å². The Morgan fingerprint density at radius 1 is 1.16 bits per heavy atom. The Hall–Kier alpha value is -2.73. The smallest absolute Gasteiger partial charge is 0.293 e. The predicted molar refractivity (Wildman–Crippen MR) is 97.5 cm³/mol. The summed E-state index contributed by atoms with van der Waals surface area (Å²) in [5.74, 6) is 0.480. The molecule has 1 heterocycles. The Labute approximate surface area is 149 Å². The molecule has 1 aliphatic rings. The number of phenols is 1. The van der Waals surface area contributed by atoms with E-state index in [0.29, 0.717) is 16.2 Å². The van der Waals surface area contributed by atoms with Crippen LogP contribution in [0.3, 0.4) is 0 Å². The minimum atomic E-state index is -0.341. The Morgan fingerprint density at radius 2 is 1.96 bits per heavy atom. The van der Waals surface area contributed by atoms with Crippen LogP contribution in [0.25, 0.3) is 6.08 Å². The van der Waals surface area contributed by atoms with Crippen LogP contribution in [0.2, 0.25) is 0 Å². The average Bonchev–Trinajstić information content (AvgIpc) is 2.82. The van der Waals surface area contributed by atoms with E-state index in [1.54, 1.807) is 24.3 Å². The van der Waals surface area contributed by atoms with E-state index in [1.165, 1.54) is 11.0 Å². The molecule has 25 heavy (non-hydrogen) atoms. The van der Waals surface area contributed by atoms with E-state index in [0.717, 1.165) is 17.3 Å². The Bertz CT molecular complexity index is 847. The third kappa shape index (κ3) is 4.22. The maximum Gasteiger partial charge on any atom is 0.293 e. The van der Waals surface area contributed by atoms with Crippen molar-refractivity contribution in [1.82, 2.24) is 4.90 Å². The van der Waals surface area contributed by atoms with Crippen LogP contribution in [0, 0.1) is 6.92 Å². The highest BCUT2D eigenvalue weighted by atomic mass is 32.2. The van der Waals surface area contributed by atoms with E-state index in [-0.39, 0.29) is 30.0 Å². The minimum absolute atomic E-state index is 0.111. The lowest BCUT2D eigenvalue weighted by Gasteiger charge is -2.13. The van der Waals surface area contributed by atoms with Gasteiger partial charge in [0, 0.05) is 0 Å². The lowest BCUT2D eigenvalue weighted by atomic mass is 10.2. The summed E-state index contributed by atoms with van der Waals surface area (Å²) in [6.45, 7) is 2.40. The molecule has 0 unspecified atom stereocenters. The van der Waals surface area contributed by atoms with Crippen molar-refractivity contribution in [3.63, 3.8) is 0 Å². The fourth-order valence-corrected chi connectivity index (χ4v) is 3.28. The number of benzene rings is 2. The lowest BCUT2D eigenvalue weighted by molar-refractivity contribution is -0.123. The summed E-state index contributed by atoms with van der Waals surface area (Å²) in [5, 5.41) is 9.17. The standard InChI is InChI=1S/C19H17NO4S/c1-13-4-2-7-16(10-13)24-9-8-20-18(22)17(25-19(20)23)12-14-5-3-6-15(21)11-14/h2-7,10-12,21H,8-9H2,1H3/b17-12-. The topological polar surface area (TPSA) is 66.8 Å². The number of carbonyl (C=O) groups excluding carboxylic acids is 2. The second kappa shape index (κ2) is 7.44. The van der Waals surface area contributed by atoms with Gasteiger partial charge >= 0.3 is 0 Å². The molecular weight excluding hydrogens is 338 g/mol. The molecular formula is C19H17NO4S. The summed E-state index contributed by atoms with van der Waals surface area (Å²) in [4.78, 5) is 26.0. The zero-order valence-corrected chi connectivity index (χ0v) is 14.5. The van der Waals surface area contributed by atoms with Gasteiger partial charge in [0.05, 0.1) is 11.4 Å². The van der Waals surface area contributed by atoms with Crippen LogP contribution in [0.4, 0.5) is 4.79 Å². The normalized spacial score (nSPS) is 15.9. The highest BCUT2D eigenvalue weighted by Gasteiger charge is 2.34. The number of hydrogen-bond donors (Lipinski definition) is 1. The highest BCUT2D eigenvalue weighted by Crippen LogP contribution is 2.32. The summed E-state index contributed by atoms with van der Waals surface area (Å²) in [6, 6.07) is 14.1. The first-order chi connectivity index (χ1) is 12.0. The molecule has 0 spiro atoms. The van der Waals surface area contributed by atoms with Crippen LogP contribution in [0.5, 0.6) is 11.5 Å². The predicted octanol–water partition coefficient (Wildman–Crippen LogP) is 3.82. The van der Waals surface area contributed by atoms with Crippen molar-refractivity contribution in [1.29, 1.82) is 0 Å². The Morgan fingerprint density at radius 3 is 2.72 bits per heavy atom. The molecule has 128 valence electrons. The molecule has 1 fully saturated rings. The summed E-state index contributed by atoms with van der Waals surface area (Å²) >= 11 is 0.893. The third-order valence-corrected chi connectivity index (χ3v) is 4.52. The first-order valence-electron chi connectivity index (χ1n) is 7.77. The van der Waals surface area contributed by atoms with Crippen molar-refractivity contribution in [2.24, 2.45) is 0 Å². The number of ether oxygens (including phenoxy) is 1. The summed E-state index contributed by atoms with van der Waals surface area (Å²) in [7, 11) is 0. The van der Waals surface area contributed by atoms with Gasteiger partial charge in [-0.25, -0.2) is 0 Å². The molecule has 2 aromatic carbocycles. The van der Waals surface area contributed by atoms with E-state index in [2.05, 4.69) is 0 Å². The van der Waals surface area contributed by atoms with E-state index in [9.17, 15) is 14.7 Å². The Kier molecular flexibility index (Phi) is 5.09. The zero-order chi connectivity index (χ0) is 17.8. The van der Waals surface area contributed by atoms with Gasteiger partial charge in [0.1, 0.15) is 18.1 Å². The number of carbonyl (C=O) groups is 2. The SMILES string of the molecule is Cc1cccc(OCCN2C(=O)S/C(=C\c3cccc(O)c3)C2=O)c1. The number of imide groups is 1. The minimum Gasteiger partial charge on any atom is -0.508 e. The van der Waals surface area contributed by atoms with E-state index in [1.807, 2.05) is 31.2 Å². The molecule has 0 radical (unpaired) electrons. The van der Waals surface area contributed by atoms with Crippen LogP contribution in [-0.4, -0.2) is 34.3 Å². The first-order valence-corrected chi connectivity index (χ1v) is 8.58. The molecule has 1 saturated heterocycles. The molecule has 0 aliphatic carbocycles. The largest absolute Gasteiger partial charge is 0.508 e. The molecule has 0 saturated carbocycles. The van der Waals surface area contributed by atoms with Crippen LogP contribution < -0.4 is 4.74 Å². The number of phenolic OH excluding ortho intramolecular Hbond substituents is 1. The van der Waals surface area contributed by atoms with Crippen LogP contribution in [-0.2, 0) is 4.79 Å². The number of hydrogen-bond acceptors (Lipinski definition) is 5. The van der Waals surface area contributed by atoms with Crippen molar-refractivity contribution in [2.45, 2.75) is 6.92 Å². The van der Waals surface area contributed by atoms with Crippen molar-refractivity contribution in [2.75, 3.05) is 13.2 Å². The van der Waals surface area contributed by atoms with E-state index in [4.69, 9.17) is 4.74 Å². The number of aromatic hydroxyl groups is 1. The van der Waals surface area contributed by atoms with Gasteiger partial charge in [0.15, 0.2) is 0 Å². The molecule has 0 aromatic heterocycles. The number of amides is 2. The van der Waals surface area contributed by atoms with Crippen LogP contribution in [0.15, 0.2) is 53.4 Å². The lowest BCUT2D eigenvalue weighted by Crippen LogP contribution is -2.32. The van der Waals surface area contributed by atoms with Gasteiger partial charge in [-0.15, -0.1) is 0 Å². The molecule has 0 atom stereocenters. The number of rotatable bonds is 5. The van der Waals surface area contributed by atoms with Crippen molar-refractivity contribution < 1.29 is 19.4 Å². The first kappa shape index (κ1) is 17.1. The van der Waals surface area contributed by atoms with Crippen LogP contribution in [0.1, 0.15) is 11.1 Å². The second-order valence-corrected chi connectivity index (χ2v) is 6.59. The molecule has 2 amide bonds. The molecule has 1 N–H and O–H groups in total. The van der Waals surface area contributed by atoms with Gasteiger partial charge in [-0.2, -0.15) is 0 Å². The summed E-state index contributed by atoms with van der Waals surface area (Å²) in [5.41, 5.74) is 1.75. The van der Waals surface area contributed by atoms with Gasteiger partial charge in [0.25, 0.3) is 11.1 Å². The molecule has 1 aliphatic heterocycles.